The maximum absolute atomic E-state index is 5.67. The summed E-state index contributed by atoms with van der Waals surface area (Å²) in [5.41, 5.74) is 0.737. The second-order valence-electron chi connectivity index (χ2n) is 5.70. The molecule has 0 amide bonds. The average molecular weight is 316 g/mol. The van der Waals surface area contributed by atoms with Crippen LogP contribution in [-0.4, -0.2) is 30.4 Å². The predicted octanol–water partition coefficient (Wildman–Crippen LogP) is 2.77. The molecule has 0 aliphatic heterocycles. The van der Waals surface area contributed by atoms with E-state index in [4.69, 9.17) is 4.42 Å². The Morgan fingerprint density at radius 2 is 1.86 bits per heavy atom. The Bertz CT molecular complexity index is 746. The first-order chi connectivity index (χ1) is 10.5. The molecule has 0 aliphatic carbocycles. The van der Waals surface area contributed by atoms with Gasteiger partial charge < -0.3 is 4.42 Å². The molecule has 3 aromatic rings. The molecular formula is C14H16N6OS. The van der Waals surface area contributed by atoms with Gasteiger partial charge >= 0.3 is 0 Å². The third-order valence-electron chi connectivity index (χ3n) is 2.89. The Balaban J connectivity index is 1.71. The van der Waals surface area contributed by atoms with Crippen LogP contribution in [0.3, 0.4) is 0 Å². The van der Waals surface area contributed by atoms with E-state index in [-0.39, 0.29) is 5.54 Å². The average Bonchev–Trinajstić information content (AvgIpc) is 3.15. The molecule has 0 radical (unpaired) electrons. The van der Waals surface area contributed by atoms with E-state index in [0.717, 1.165) is 10.7 Å². The SMILES string of the molecule is CC(C)(C)n1nnnc1SCc1nnc(-c2ccccc2)o1. The van der Waals surface area contributed by atoms with E-state index in [1.807, 2.05) is 51.1 Å². The molecule has 0 atom stereocenters. The lowest BCUT2D eigenvalue weighted by molar-refractivity contribution is 0.321. The van der Waals surface area contributed by atoms with Gasteiger partial charge in [0.2, 0.25) is 16.9 Å². The van der Waals surface area contributed by atoms with Crippen LogP contribution in [-0.2, 0) is 11.3 Å². The molecule has 2 heterocycles. The van der Waals surface area contributed by atoms with Crippen molar-refractivity contribution in [3.05, 3.63) is 36.2 Å². The largest absolute Gasteiger partial charge is 0.420 e. The van der Waals surface area contributed by atoms with Gasteiger partial charge in [0, 0.05) is 5.56 Å². The van der Waals surface area contributed by atoms with Crippen molar-refractivity contribution in [1.82, 2.24) is 30.4 Å². The summed E-state index contributed by atoms with van der Waals surface area (Å²) in [5, 5.41) is 20.7. The molecule has 7 nitrogen and oxygen atoms in total. The van der Waals surface area contributed by atoms with Crippen LogP contribution in [0, 0.1) is 0 Å². The van der Waals surface area contributed by atoms with Crippen molar-refractivity contribution in [2.45, 2.75) is 37.2 Å². The highest BCUT2D eigenvalue weighted by Gasteiger charge is 2.20. The molecule has 22 heavy (non-hydrogen) atoms. The quantitative estimate of drug-likeness (QED) is 0.684. The Kier molecular flexibility index (Phi) is 3.93. The molecule has 0 fully saturated rings. The first-order valence-corrected chi connectivity index (χ1v) is 7.82. The van der Waals surface area contributed by atoms with E-state index >= 15 is 0 Å². The number of hydrogen-bond donors (Lipinski definition) is 0. The fourth-order valence-electron chi connectivity index (χ4n) is 1.83. The fraction of sp³-hybridized carbons (Fsp3) is 0.357. The summed E-state index contributed by atoms with van der Waals surface area (Å²) in [6.45, 7) is 6.15. The summed E-state index contributed by atoms with van der Waals surface area (Å²) in [5.74, 6) is 1.59. The molecule has 0 N–H and O–H groups in total. The third kappa shape index (κ3) is 3.16. The van der Waals surface area contributed by atoms with Crippen LogP contribution >= 0.6 is 11.8 Å². The molecule has 2 aromatic heterocycles. The van der Waals surface area contributed by atoms with Crippen LogP contribution in [0.5, 0.6) is 0 Å². The predicted molar refractivity (Wildman–Crippen MR) is 82.1 cm³/mol. The standard InChI is InChI=1S/C14H16N6OS/c1-14(2,3)20-13(17-18-19-20)22-9-11-15-16-12(21-11)10-7-5-4-6-8-10/h4-8H,9H2,1-3H3. The highest BCUT2D eigenvalue weighted by molar-refractivity contribution is 7.98. The number of benzene rings is 1. The maximum atomic E-state index is 5.67. The Labute approximate surface area is 132 Å². The van der Waals surface area contributed by atoms with E-state index in [1.165, 1.54) is 11.8 Å². The summed E-state index contributed by atoms with van der Waals surface area (Å²) in [6.07, 6.45) is 0. The topological polar surface area (TPSA) is 82.5 Å². The number of tetrazole rings is 1. The van der Waals surface area contributed by atoms with Crippen LogP contribution in [0.15, 0.2) is 39.9 Å². The van der Waals surface area contributed by atoms with Gasteiger partial charge in [-0.25, -0.2) is 4.68 Å². The summed E-state index contributed by atoms with van der Waals surface area (Å²) in [4.78, 5) is 0. The molecule has 0 unspecified atom stereocenters. The Morgan fingerprint density at radius 3 is 2.59 bits per heavy atom. The molecule has 0 bridgehead atoms. The van der Waals surface area contributed by atoms with E-state index < -0.39 is 0 Å². The second kappa shape index (κ2) is 5.88. The van der Waals surface area contributed by atoms with Crippen molar-refractivity contribution in [1.29, 1.82) is 0 Å². The zero-order valence-corrected chi connectivity index (χ0v) is 13.4. The van der Waals surface area contributed by atoms with E-state index in [2.05, 4.69) is 25.7 Å². The lowest BCUT2D eigenvalue weighted by Crippen LogP contribution is -2.24. The van der Waals surface area contributed by atoms with Crippen LogP contribution in [0.2, 0.25) is 0 Å². The van der Waals surface area contributed by atoms with E-state index in [1.54, 1.807) is 4.68 Å². The lowest BCUT2D eigenvalue weighted by atomic mass is 10.1. The number of hydrogen-bond acceptors (Lipinski definition) is 7. The minimum Gasteiger partial charge on any atom is -0.420 e. The van der Waals surface area contributed by atoms with Gasteiger partial charge in [0.1, 0.15) is 0 Å². The maximum Gasteiger partial charge on any atom is 0.247 e. The van der Waals surface area contributed by atoms with Gasteiger partial charge in [0.05, 0.1) is 11.3 Å². The monoisotopic (exact) mass is 316 g/mol. The van der Waals surface area contributed by atoms with Gasteiger partial charge in [-0.05, 0) is 43.3 Å². The van der Waals surface area contributed by atoms with Crippen molar-refractivity contribution in [3.8, 4) is 11.5 Å². The van der Waals surface area contributed by atoms with Crippen molar-refractivity contribution in [2.75, 3.05) is 0 Å². The summed E-state index contributed by atoms with van der Waals surface area (Å²) in [7, 11) is 0. The van der Waals surface area contributed by atoms with Gasteiger partial charge in [-0.1, -0.05) is 30.0 Å². The highest BCUT2D eigenvalue weighted by Crippen LogP contribution is 2.25. The number of aromatic nitrogens is 6. The molecule has 3 rings (SSSR count). The number of nitrogens with zero attached hydrogens (tertiary/aromatic N) is 6. The molecule has 0 spiro atoms. The van der Waals surface area contributed by atoms with Gasteiger partial charge in [-0.3, -0.25) is 0 Å². The van der Waals surface area contributed by atoms with Crippen LogP contribution in [0.1, 0.15) is 26.7 Å². The first-order valence-electron chi connectivity index (χ1n) is 6.83. The second-order valence-corrected chi connectivity index (χ2v) is 6.64. The zero-order chi connectivity index (χ0) is 15.6. The summed E-state index contributed by atoms with van der Waals surface area (Å²) in [6, 6.07) is 9.69. The number of rotatable bonds is 4. The van der Waals surface area contributed by atoms with Crippen LogP contribution in [0.4, 0.5) is 0 Å². The lowest BCUT2D eigenvalue weighted by Gasteiger charge is -2.19. The van der Waals surface area contributed by atoms with Crippen LogP contribution < -0.4 is 0 Å². The fourth-order valence-corrected chi connectivity index (χ4v) is 2.72. The van der Waals surface area contributed by atoms with Crippen molar-refractivity contribution in [2.24, 2.45) is 0 Å². The summed E-state index contributed by atoms with van der Waals surface area (Å²) < 4.78 is 7.46. The van der Waals surface area contributed by atoms with Gasteiger partial charge in [-0.2, -0.15) is 0 Å². The minimum absolute atomic E-state index is 0.171. The molecule has 114 valence electrons. The van der Waals surface area contributed by atoms with Crippen molar-refractivity contribution >= 4 is 11.8 Å². The number of thioether (sulfide) groups is 1. The molecule has 8 heteroatoms. The first kappa shape index (κ1) is 14.7. The smallest absolute Gasteiger partial charge is 0.247 e. The van der Waals surface area contributed by atoms with Crippen LogP contribution in [0.25, 0.3) is 11.5 Å². The Morgan fingerprint density at radius 1 is 1.09 bits per heavy atom. The molecule has 1 aromatic carbocycles. The third-order valence-corrected chi connectivity index (χ3v) is 3.79. The van der Waals surface area contributed by atoms with Gasteiger partial charge in [0.15, 0.2) is 0 Å². The van der Waals surface area contributed by atoms with Crippen molar-refractivity contribution < 1.29 is 4.42 Å². The molecule has 0 aliphatic rings. The molecular weight excluding hydrogens is 300 g/mol. The minimum atomic E-state index is -0.171. The van der Waals surface area contributed by atoms with E-state index in [9.17, 15) is 0 Å². The summed E-state index contributed by atoms with van der Waals surface area (Å²) >= 11 is 1.47. The molecule has 0 saturated carbocycles. The van der Waals surface area contributed by atoms with Crippen molar-refractivity contribution in [3.63, 3.8) is 0 Å². The van der Waals surface area contributed by atoms with Gasteiger partial charge in [0.25, 0.3) is 0 Å². The van der Waals surface area contributed by atoms with Gasteiger partial charge in [-0.15, -0.1) is 15.3 Å². The van der Waals surface area contributed by atoms with E-state index in [0.29, 0.717) is 17.5 Å². The highest BCUT2D eigenvalue weighted by atomic mass is 32.2. The molecule has 0 saturated heterocycles. The zero-order valence-electron chi connectivity index (χ0n) is 12.6. The normalized spacial score (nSPS) is 11.8. The Hall–Kier alpha value is -2.22.